The lowest BCUT2D eigenvalue weighted by Crippen LogP contribution is -2.27. The first-order valence-corrected chi connectivity index (χ1v) is 2.71. The van der Waals surface area contributed by atoms with E-state index in [1.807, 2.05) is 0 Å². The predicted octanol–water partition coefficient (Wildman–Crippen LogP) is 1.63. The van der Waals surface area contributed by atoms with Gasteiger partial charge in [-0.25, -0.2) is 0 Å². The zero-order chi connectivity index (χ0) is 7.21. The molecule has 0 amide bonds. The Labute approximate surface area is 60.9 Å². The molecule has 0 aromatic carbocycles. The average molecular weight is 161 g/mol. The van der Waals surface area contributed by atoms with Crippen LogP contribution in [0.15, 0.2) is 0 Å². The fourth-order valence-corrected chi connectivity index (χ4v) is 0. The lowest BCUT2D eigenvalue weighted by molar-refractivity contribution is -0.849. The van der Waals surface area contributed by atoms with Gasteiger partial charge >= 0.3 is 0 Å². The van der Waals surface area contributed by atoms with Gasteiger partial charge in [-0.3, -0.25) is 0 Å². The Kier molecular flexibility index (Phi) is 7.97. The number of rotatable bonds is 0. The maximum atomic E-state index is 4.26. The maximum absolute atomic E-state index is 4.26. The van der Waals surface area contributed by atoms with Crippen molar-refractivity contribution in [3.8, 4) is 0 Å². The second-order valence-corrected chi connectivity index (χ2v) is 3.21. The van der Waals surface area contributed by atoms with Crippen molar-refractivity contribution >= 4 is 23.7 Å². The van der Waals surface area contributed by atoms with Crippen molar-refractivity contribution in [1.82, 2.24) is 0 Å². The van der Waals surface area contributed by atoms with Crippen LogP contribution in [0, 0.1) is 0 Å². The zero-order valence-electron chi connectivity index (χ0n) is 5.61. The molecule has 0 bridgehead atoms. The van der Waals surface area contributed by atoms with Crippen LogP contribution in [0.2, 0.25) is 0 Å². The molecule has 4 heteroatoms. The summed E-state index contributed by atoms with van der Waals surface area (Å²) in [6.45, 7) is 0. The summed E-state index contributed by atoms with van der Waals surface area (Å²) in [7, 11) is 8.50. The molecule has 0 aromatic heterocycles. The highest BCUT2D eigenvalue weighted by Crippen LogP contribution is 1.78. The van der Waals surface area contributed by atoms with E-state index in [4.69, 9.17) is 0 Å². The van der Waals surface area contributed by atoms with Crippen LogP contribution in [0.1, 0.15) is 0 Å². The normalized spacial score (nSPS) is 9.75. The minimum atomic E-state index is 1.00. The van der Waals surface area contributed by atoms with Crippen LogP contribution in [0.25, 0.3) is 0 Å². The van der Waals surface area contributed by atoms with Gasteiger partial charge in [-0.15, -0.1) is 0 Å². The predicted molar refractivity (Wildman–Crippen MR) is 36.7 cm³/mol. The number of halogens is 2. The minimum Gasteiger partial charge on any atom is -0.333 e. The second-order valence-electron chi connectivity index (χ2n) is 2.74. The summed E-state index contributed by atoms with van der Waals surface area (Å²) >= 11 is 8.53. The van der Waals surface area contributed by atoms with Crippen LogP contribution < -0.4 is 0 Å². The SMILES string of the molecule is C[N+](C)(C)C.ClOCl. The van der Waals surface area contributed by atoms with E-state index in [0.29, 0.717) is 0 Å². The highest BCUT2D eigenvalue weighted by atomic mass is 35.6. The van der Waals surface area contributed by atoms with Crippen LogP contribution in [0.4, 0.5) is 0 Å². The highest BCUT2D eigenvalue weighted by Gasteiger charge is 1.88. The molecule has 0 fully saturated rings. The fraction of sp³-hybridized carbons (Fsp3) is 1.00. The highest BCUT2D eigenvalue weighted by molar-refractivity contribution is 6.24. The fourth-order valence-electron chi connectivity index (χ4n) is 0. The minimum absolute atomic E-state index is 1.00. The van der Waals surface area contributed by atoms with Gasteiger partial charge in [0, 0.05) is 0 Å². The van der Waals surface area contributed by atoms with E-state index in [9.17, 15) is 0 Å². The number of hydrogen-bond donors (Lipinski definition) is 0. The summed E-state index contributed by atoms with van der Waals surface area (Å²) in [5.74, 6) is 0. The van der Waals surface area contributed by atoms with Crippen molar-refractivity contribution in [3.05, 3.63) is 0 Å². The molecule has 0 aliphatic carbocycles. The Morgan fingerprint density at radius 2 is 1.00 bits per heavy atom. The average Bonchev–Trinajstić information content (AvgIpc) is 1.27. The van der Waals surface area contributed by atoms with E-state index < -0.39 is 0 Å². The first kappa shape index (κ1) is 11.3. The molecule has 52 valence electrons. The number of quaternary nitrogens is 1. The van der Waals surface area contributed by atoms with Crippen LogP contribution in [-0.2, 0) is 3.84 Å². The van der Waals surface area contributed by atoms with Crippen molar-refractivity contribution in [2.24, 2.45) is 0 Å². The van der Waals surface area contributed by atoms with Gasteiger partial charge in [0.25, 0.3) is 0 Å². The molecule has 0 radical (unpaired) electrons. The monoisotopic (exact) mass is 160 g/mol. The van der Waals surface area contributed by atoms with E-state index in [0.717, 1.165) is 4.48 Å². The van der Waals surface area contributed by atoms with Gasteiger partial charge in [0.2, 0.25) is 0 Å². The largest absolute Gasteiger partial charge is 0.333 e. The van der Waals surface area contributed by atoms with Crippen molar-refractivity contribution in [3.63, 3.8) is 0 Å². The Morgan fingerprint density at radius 3 is 1.00 bits per heavy atom. The number of hydrogen-bond acceptors (Lipinski definition) is 1. The van der Waals surface area contributed by atoms with E-state index >= 15 is 0 Å². The molecule has 0 unspecified atom stereocenters. The molecule has 0 saturated heterocycles. The van der Waals surface area contributed by atoms with E-state index in [-0.39, 0.29) is 0 Å². The van der Waals surface area contributed by atoms with Gasteiger partial charge in [-0.2, -0.15) is 3.84 Å². The maximum Gasteiger partial charge on any atom is 0.0832 e. The standard InChI is InChI=1S/C4H12N.Cl2O/c1-5(2,3)4;1-3-2/h1-4H3;/q+1;. The van der Waals surface area contributed by atoms with E-state index in [1.165, 1.54) is 0 Å². The van der Waals surface area contributed by atoms with Gasteiger partial charge < -0.3 is 4.48 Å². The van der Waals surface area contributed by atoms with Crippen LogP contribution in [-0.4, -0.2) is 32.7 Å². The van der Waals surface area contributed by atoms with Gasteiger partial charge in [0.05, 0.1) is 51.9 Å². The molecule has 0 heterocycles. The Morgan fingerprint density at radius 1 is 1.00 bits per heavy atom. The smallest absolute Gasteiger partial charge is 0.0832 e. The van der Waals surface area contributed by atoms with Gasteiger partial charge in [-0.05, 0) is 0 Å². The molecule has 0 saturated carbocycles. The summed E-state index contributed by atoms with van der Waals surface area (Å²) in [6, 6.07) is 0. The van der Waals surface area contributed by atoms with Gasteiger partial charge in [0.1, 0.15) is 0 Å². The molecule has 0 atom stereocenters. The molecule has 0 N–H and O–H groups in total. The first-order chi connectivity index (χ1) is 3.41. The van der Waals surface area contributed by atoms with E-state index in [2.05, 4.69) is 55.8 Å². The van der Waals surface area contributed by atoms with Crippen molar-refractivity contribution < 1.29 is 8.32 Å². The molecule has 2 nitrogen and oxygen atoms in total. The molecule has 8 heavy (non-hydrogen) atoms. The Balaban J connectivity index is 0. The Bertz CT molecular complexity index is 37.8. The van der Waals surface area contributed by atoms with Crippen molar-refractivity contribution in [2.45, 2.75) is 0 Å². The summed E-state index contributed by atoms with van der Waals surface area (Å²) < 4.78 is 4.19. The second kappa shape index (κ2) is 5.63. The molecule has 0 rings (SSSR count). The quantitative estimate of drug-likeness (QED) is 0.490. The summed E-state index contributed by atoms with van der Waals surface area (Å²) in [6.07, 6.45) is 0. The number of nitrogens with zero attached hydrogens (tertiary/aromatic N) is 1. The van der Waals surface area contributed by atoms with Crippen LogP contribution >= 0.6 is 23.7 Å². The molecule has 0 aromatic rings. The van der Waals surface area contributed by atoms with Crippen LogP contribution in [0.5, 0.6) is 0 Å². The lowest BCUT2D eigenvalue weighted by atomic mass is 10.8. The lowest BCUT2D eigenvalue weighted by Gasteiger charge is -2.14. The summed E-state index contributed by atoms with van der Waals surface area (Å²) in [5, 5.41) is 0. The Hall–Kier alpha value is 0.500. The first-order valence-electron chi connectivity index (χ1n) is 2.10. The van der Waals surface area contributed by atoms with Crippen molar-refractivity contribution in [2.75, 3.05) is 28.2 Å². The third-order valence-corrected chi connectivity index (χ3v) is 0. The third-order valence-electron chi connectivity index (χ3n) is 0. The molecule has 0 spiro atoms. The van der Waals surface area contributed by atoms with Crippen LogP contribution in [0.3, 0.4) is 0 Å². The molecule has 0 aliphatic rings. The van der Waals surface area contributed by atoms with Crippen molar-refractivity contribution in [1.29, 1.82) is 0 Å². The summed E-state index contributed by atoms with van der Waals surface area (Å²) in [4.78, 5) is 0. The van der Waals surface area contributed by atoms with Gasteiger partial charge in [-0.1, -0.05) is 0 Å². The third kappa shape index (κ3) is 787. The van der Waals surface area contributed by atoms with E-state index in [1.54, 1.807) is 0 Å². The molecular weight excluding hydrogens is 149 g/mol. The zero-order valence-corrected chi connectivity index (χ0v) is 7.12. The molecule has 0 aliphatic heterocycles. The topological polar surface area (TPSA) is 9.23 Å². The van der Waals surface area contributed by atoms with Gasteiger partial charge in [0.15, 0.2) is 0 Å². The summed E-state index contributed by atoms with van der Waals surface area (Å²) in [5.41, 5.74) is 0. The molecular formula is C4H12Cl2NO+.